The Morgan fingerprint density at radius 1 is 1.54 bits per heavy atom. The number of halogens is 1. The summed E-state index contributed by atoms with van der Waals surface area (Å²) in [5, 5.41) is 3.40. The molecule has 0 bridgehead atoms. The van der Waals surface area contributed by atoms with Gasteiger partial charge < -0.3 is 5.32 Å². The molecule has 0 saturated carbocycles. The minimum atomic E-state index is -0.191. The summed E-state index contributed by atoms with van der Waals surface area (Å²) in [6.45, 7) is 8.32. The topological polar surface area (TPSA) is 15.3 Å². The van der Waals surface area contributed by atoms with Crippen LogP contribution in [0.25, 0.3) is 0 Å². The Bertz CT molecular complexity index is 152. The fourth-order valence-electron chi connectivity index (χ4n) is 1.93. The highest BCUT2D eigenvalue weighted by Crippen LogP contribution is 2.20. The van der Waals surface area contributed by atoms with Gasteiger partial charge in [-0.3, -0.25) is 9.29 Å². The van der Waals surface area contributed by atoms with Crippen molar-refractivity contribution in [1.29, 1.82) is 0 Å². The van der Waals surface area contributed by atoms with Gasteiger partial charge in [-0.2, -0.15) is 0 Å². The Hall–Kier alpha value is -0.150. The van der Waals surface area contributed by atoms with Gasteiger partial charge in [0.15, 0.2) is 0 Å². The molecule has 0 spiro atoms. The average molecular weight is 188 g/mol. The van der Waals surface area contributed by atoms with Gasteiger partial charge in [-0.15, -0.1) is 0 Å². The summed E-state index contributed by atoms with van der Waals surface area (Å²) in [5.41, 5.74) is 0.243. The molecule has 0 aromatic carbocycles. The number of hydrogen-bond acceptors (Lipinski definition) is 2. The second kappa shape index (κ2) is 4.91. The third kappa shape index (κ3) is 2.64. The van der Waals surface area contributed by atoms with Crippen molar-refractivity contribution in [1.82, 2.24) is 10.2 Å². The molecule has 1 atom stereocenters. The van der Waals surface area contributed by atoms with Crippen molar-refractivity contribution >= 4 is 0 Å². The van der Waals surface area contributed by atoms with Crippen LogP contribution in [0.2, 0.25) is 0 Å². The molecular formula is C10H21FN2. The van der Waals surface area contributed by atoms with E-state index in [1.54, 1.807) is 0 Å². The molecule has 0 amide bonds. The van der Waals surface area contributed by atoms with Crippen LogP contribution in [0.15, 0.2) is 0 Å². The van der Waals surface area contributed by atoms with E-state index in [1.807, 2.05) is 0 Å². The summed E-state index contributed by atoms with van der Waals surface area (Å²) in [7, 11) is 0. The minimum absolute atomic E-state index is 0.191. The van der Waals surface area contributed by atoms with Gasteiger partial charge in [0, 0.05) is 31.7 Å². The first kappa shape index (κ1) is 10.9. The highest BCUT2D eigenvalue weighted by atomic mass is 19.1. The summed E-state index contributed by atoms with van der Waals surface area (Å²) in [4.78, 5) is 2.42. The van der Waals surface area contributed by atoms with Crippen LogP contribution in [0.1, 0.15) is 26.7 Å². The Morgan fingerprint density at radius 2 is 2.31 bits per heavy atom. The van der Waals surface area contributed by atoms with E-state index in [0.717, 1.165) is 32.6 Å². The summed E-state index contributed by atoms with van der Waals surface area (Å²) in [5.74, 6) is 0. The molecule has 0 aliphatic carbocycles. The first-order valence-corrected chi connectivity index (χ1v) is 5.24. The molecule has 0 aromatic rings. The van der Waals surface area contributed by atoms with Crippen molar-refractivity contribution in [2.45, 2.75) is 32.2 Å². The van der Waals surface area contributed by atoms with Crippen LogP contribution >= 0.6 is 0 Å². The summed E-state index contributed by atoms with van der Waals surface area (Å²) >= 11 is 0. The third-order valence-corrected chi connectivity index (χ3v) is 3.15. The minimum Gasteiger partial charge on any atom is -0.314 e. The lowest BCUT2D eigenvalue weighted by Crippen LogP contribution is -2.59. The highest BCUT2D eigenvalue weighted by Gasteiger charge is 2.31. The molecule has 1 aliphatic rings. The first-order chi connectivity index (χ1) is 6.23. The van der Waals surface area contributed by atoms with E-state index >= 15 is 0 Å². The van der Waals surface area contributed by atoms with Crippen LogP contribution in [0.4, 0.5) is 4.39 Å². The van der Waals surface area contributed by atoms with Crippen molar-refractivity contribution in [3.05, 3.63) is 0 Å². The zero-order valence-corrected chi connectivity index (χ0v) is 8.77. The second-order valence-electron chi connectivity index (χ2n) is 4.06. The number of alkyl halides is 1. The number of rotatable bonds is 4. The number of hydrogen-bond donors (Lipinski definition) is 1. The van der Waals surface area contributed by atoms with Gasteiger partial charge in [0.05, 0.1) is 6.67 Å². The molecule has 1 fully saturated rings. The lowest BCUT2D eigenvalue weighted by atomic mass is 9.94. The number of nitrogens with one attached hydrogen (secondary N) is 1. The molecule has 3 heteroatoms. The van der Waals surface area contributed by atoms with Crippen molar-refractivity contribution < 1.29 is 4.39 Å². The first-order valence-electron chi connectivity index (χ1n) is 5.24. The van der Waals surface area contributed by atoms with E-state index in [2.05, 4.69) is 24.1 Å². The maximum atomic E-state index is 12.1. The molecule has 1 unspecified atom stereocenters. The molecule has 13 heavy (non-hydrogen) atoms. The van der Waals surface area contributed by atoms with Crippen LogP contribution in [0.3, 0.4) is 0 Å². The zero-order valence-electron chi connectivity index (χ0n) is 8.77. The summed E-state index contributed by atoms with van der Waals surface area (Å²) in [6.07, 6.45) is 1.81. The van der Waals surface area contributed by atoms with Gasteiger partial charge in [0.2, 0.25) is 0 Å². The highest BCUT2D eigenvalue weighted by molar-refractivity contribution is 4.90. The maximum absolute atomic E-state index is 12.1. The van der Waals surface area contributed by atoms with E-state index in [4.69, 9.17) is 0 Å². The largest absolute Gasteiger partial charge is 0.314 e. The van der Waals surface area contributed by atoms with Gasteiger partial charge in [0.1, 0.15) is 0 Å². The molecular weight excluding hydrogens is 167 g/mol. The molecule has 1 rings (SSSR count). The van der Waals surface area contributed by atoms with Gasteiger partial charge in [-0.05, 0) is 19.8 Å². The smallest absolute Gasteiger partial charge is 0.0906 e. The fraction of sp³-hybridized carbons (Fsp3) is 1.00. The van der Waals surface area contributed by atoms with Crippen LogP contribution in [-0.4, -0.2) is 43.3 Å². The third-order valence-electron chi connectivity index (χ3n) is 3.15. The van der Waals surface area contributed by atoms with Crippen LogP contribution < -0.4 is 5.32 Å². The van der Waals surface area contributed by atoms with Crippen molar-refractivity contribution in [3.8, 4) is 0 Å². The monoisotopic (exact) mass is 188 g/mol. The van der Waals surface area contributed by atoms with E-state index in [-0.39, 0.29) is 12.2 Å². The SMILES string of the molecule is CCC1(C)CNCCN1CCCF. The fourth-order valence-corrected chi connectivity index (χ4v) is 1.93. The van der Waals surface area contributed by atoms with Crippen molar-refractivity contribution in [2.75, 3.05) is 32.9 Å². The normalized spacial score (nSPS) is 30.7. The molecule has 2 nitrogen and oxygen atoms in total. The van der Waals surface area contributed by atoms with Gasteiger partial charge in [0.25, 0.3) is 0 Å². The zero-order chi connectivity index (χ0) is 9.73. The molecule has 1 heterocycles. The average Bonchev–Trinajstić information content (AvgIpc) is 2.17. The van der Waals surface area contributed by atoms with E-state index in [1.165, 1.54) is 0 Å². The molecule has 1 aliphatic heterocycles. The van der Waals surface area contributed by atoms with Gasteiger partial charge in [-0.25, -0.2) is 0 Å². The quantitative estimate of drug-likeness (QED) is 0.718. The Morgan fingerprint density at radius 3 is 2.92 bits per heavy atom. The Kier molecular flexibility index (Phi) is 4.13. The standard InChI is InChI=1S/C10H21FN2/c1-3-10(2)9-12-6-8-13(10)7-4-5-11/h12H,3-9H2,1-2H3. The summed E-state index contributed by atoms with van der Waals surface area (Å²) in [6, 6.07) is 0. The Balaban J connectivity index is 2.46. The van der Waals surface area contributed by atoms with Crippen LogP contribution in [-0.2, 0) is 0 Å². The molecule has 0 aromatic heterocycles. The predicted octanol–water partition coefficient (Wildman–Crippen LogP) is 1.42. The van der Waals surface area contributed by atoms with Crippen LogP contribution in [0, 0.1) is 0 Å². The maximum Gasteiger partial charge on any atom is 0.0906 e. The summed E-state index contributed by atoms with van der Waals surface area (Å²) < 4.78 is 12.1. The Labute approximate surface area is 80.5 Å². The predicted molar refractivity (Wildman–Crippen MR) is 53.7 cm³/mol. The van der Waals surface area contributed by atoms with Crippen LogP contribution in [0.5, 0.6) is 0 Å². The molecule has 78 valence electrons. The lowest BCUT2D eigenvalue weighted by Gasteiger charge is -2.45. The molecule has 1 saturated heterocycles. The van der Waals surface area contributed by atoms with Crippen molar-refractivity contribution in [3.63, 3.8) is 0 Å². The number of nitrogens with zero attached hydrogens (tertiary/aromatic N) is 1. The second-order valence-corrected chi connectivity index (χ2v) is 4.06. The molecule has 0 radical (unpaired) electrons. The van der Waals surface area contributed by atoms with E-state index in [0.29, 0.717) is 6.42 Å². The van der Waals surface area contributed by atoms with Crippen molar-refractivity contribution in [2.24, 2.45) is 0 Å². The van der Waals surface area contributed by atoms with Gasteiger partial charge >= 0.3 is 0 Å². The van der Waals surface area contributed by atoms with E-state index < -0.39 is 0 Å². The lowest BCUT2D eigenvalue weighted by molar-refractivity contribution is 0.0684. The molecule has 1 N–H and O–H groups in total. The van der Waals surface area contributed by atoms with Gasteiger partial charge in [-0.1, -0.05) is 6.92 Å². The van der Waals surface area contributed by atoms with E-state index in [9.17, 15) is 4.39 Å². The number of piperazine rings is 1.